The van der Waals surface area contributed by atoms with Gasteiger partial charge in [0, 0.05) is 19.4 Å². The lowest BCUT2D eigenvalue weighted by molar-refractivity contribution is -0.161. The van der Waals surface area contributed by atoms with Crippen molar-refractivity contribution in [3.05, 3.63) is 0 Å². The smallest absolute Gasteiger partial charge is 0.462 e. The number of carbonyl (C=O) groups excluding carboxylic acids is 3. The highest BCUT2D eigenvalue weighted by atomic mass is 31.2. The molecule has 0 rings (SSSR count). The van der Waals surface area contributed by atoms with Crippen molar-refractivity contribution in [2.24, 2.45) is 0 Å². The summed E-state index contributed by atoms with van der Waals surface area (Å²) in [6.45, 7) is 3.01. The molecule has 0 aromatic rings. The fraction of sp³-hybridized carbons (Fsp3) is 0.900. The molecule has 0 heterocycles. The summed E-state index contributed by atoms with van der Waals surface area (Å²) >= 11 is 0. The van der Waals surface area contributed by atoms with Gasteiger partial charge in [0.05, 0.1) is 20.3 Å². The highest BCUT2D eigenvalue weighted by Crippen LogP contribution is 2.43. The molecular formula is C30H58NO10P. The van der Waals surface area contributed by atoms with E-state index in [9.17, 15) is 23.8 Å². The Balaban J connectivity index is 4.13. The van der Waals surface area contributed by atoms with Crippen LogP contribution in [0.25, 0.3) is 0 Å². The summed E-state index contributed by atoms with van der Waals surface area (Å²) in [6.07, 6.45) is 18.6. The van der Waals surface area contributed by atoms with Gasteiger partial charge in [0.2, 0.25) is 0 Å². The molecule has 12 heteroatoms. The van der Waals surface area contributed by atoms with Crippen molar-refractivity contribution in [2.75, 3.05) is 33.5 Å². The molecule has 0 aromatic carbocycles. The Morgan fingerprint density at radius 3 is 1.71 bits per heavy atom. The molecule has 0 aromatic heterocycles. The standard InChI is InChI=1S/C30H58NO10P/c1-4-6-8-9-10-11-12-13-14-15-16-17-18-19-20-22-28(32)38-25-27(41-29(33)21-7-5-2)26-40-42(35,36)39-24-23-31-30(34)37-3/h27H,4-26H2,1-3H3,(H,31,34)(H,35,36)/t27-/m1/s1. The van der Waals surface area contributed by atoms with Gasteiger partial charge in [0.15, 0.2) is 6.10 Å². The minimum Gasteiger partial charge on any atom is -0.462 e. The predicted molar refractivity (Wildman–Crippen MR) is 162 cm³/mol. The molecule has 0 radical (unpaired) electrons. The zero-order valence-electron chi connectivity index (χ0n) is 26.4. The monoisotopic (exact) mass is 623 g/mol. The second-order valence-electron chi connectivity index (χ2n) is 10.6. The summed E-state index contributed by atoms with van der Waals surface area (Å²) in [5, 5.41) is 2.30. The average Bonchev–Trinajstić information content (AvgIpc) is 2.97. The number of alkyl carbamates (subject to hydrolysis) is 1. The van der Waals surface area contributed by atoms with E-state index < -0.39 is 38.6 Å². The Morgan fingerprint density at radius 2 is 1.19 bits per heavy atom. The van der Waals surface area contributed by atoms with Crippen LogP contribution in [0.15, 0.2) is 0 Å². The SMILES string of the molecule is CCCCCCCCCCCCCCCCCC(=O)OC[C@H](COP(=O)(O)OCCNC(=O)OC)OC(=O)CCCC. The van der Waals surface area contributed by atoms with Gasteiger partial charge in [-0.1, -0.05) is 110 Å². The Morgan fingerprint density at radius 1 is 0.690 bits per heavy atom. The fourth-order valence-corrected chi connectivity index (χ4v) is 4.93. The third kappa shape index (κ3) is 27.2. The molecular weight excluding hydrogens is 565 g/mol. The number of amides is 1. The van der Waals surface area contributed by atoms with E-state index in [1.807, 2.05) is 6.92 Å². The van der Waals surface area contributed by atoms with Crippen LogP contribution < -0.4 is 5.32 Å². The molecule has 0 saturated carbocycles. The third-order valence-corrected chi connectivity index (χ3v) is 7.67. The number of ether oxygens (including phenoxy) is 3. The number of phosphoric acid groups is 1. The first-order chi connectivity index (χ1) is 20.2. The normalized spacial score (nSPS) is 13.2. The quantitative estimate of drug-likeness (QED) is 0.0374. The van der Waals surface area contributed by atoms with Gasteiger partial charge in [-0.3, -0.25) is 18.6 Å². The summed E-state index contributed by atoms with van der Waals surface area (Å²) in [4.78, 5) is 45.2. The van der Waals surface area contributed by atoms with Crippen LogP contribution in [0.1, 0.15) is 136 Å². The number of rotatable bonds is 29. The molecule has 42 heavy (non-hydrogen) atoms. The fourth-order valence-electron chi connectivity index (χ4n) is 4.18. The van der Waals surface area contributed by atoms with Gasteiger partial charge in [-0.2, -0.15) is 0 Å². The second kappa shape index (κ2) is 28.1. The first-order valence-corrected chi connectivity index (χ1v) is 17.5. The molecule has 0 spiro atoms. The maximum absolute atomic E-state index is 12.2. The van der Waals surface area contributed by atoms with E-state index in [4.69, 9.17) is 18.5 Å². The van der Waals surface area contributed by atoms with Crippen molar-refractivity contribution in [2.45, 2.75) is 142 Å². The van der Waals surface area contributed by atoms with E-state index in [0.29, 0.717) is 12.8 Å². The van der Waals surface area contributed by atoms with Gasteiger partial charge in [0.25, 0.3) is 0 Å². The van der Waals surface area contributed by atoms with Crippen molar-refractivity contribution in [1.82, 2.24) is 5.32 Å². The molecule has 0 aliphatic carbocycles. The molecule has 0 fully saturated rings. The third-order valence-electron chi connectivity index (χ3n) is 6.68. The second-order valence-corrected chi connectivity index (χ2v) is 12.1. The Bertz CT molecular complexity index is 737. The van der Waals surface area contributed by atoms with Crippen LogP contribution in [0, 0.1) is 0 Å². The number of phosphoric ester groups is 1. The largest absolute Gasteiger partial charge is 0.472 e. The topological polar surface area (TPSA) is 147 Å². The van der Waals surface area contributed by atoms with Crippen molar-refractivity contribution in [3.8, 4) is 0 Å². The lowest BCUT2D eigenvalue weighted by atomic mass is 10.0. The molecule has 2 N–H and O–H groups in total. The van der Waals surface area contributed by atoms with E-state index in [-0.39, 0.29) is 32.6 Å². The number of methoxy groups -OCH3 is 1. The average molecular weight is 624 g/mol. The van der Waals surface area contributed by atoms with Crippen molar-refractivity contribution >= 4 is 25.9 Å². The van der Waals surface area contributed by atoms with E-state index in [2.05, 4.69) is 17.0 Å². The van der Waals surface area contributed by atoms with Crippen LogP contribution in [-0.2, 0) is 37.4 Å². The molecule has 248 valence electrons. The van der Waals surface area contributed by atoms with Crippen LogP contribution >= 0.6 is 7.82 Å². The van der Waals surface area contributed by atoms with Gasteiger partial charge in [-0.05, 0) is 12.8 Å². The van der Waals surface area contributed by atoms with Crippen molar-refractivity contribution in [1.29, 1.82) is 0 Å². The Kier molecular flexibility index (Phi) is 27.0. The van der Waals surface area contributed by atoms with E-state index in [0.717, 1.165) is 19.3 Å². The van der Waals surface area contributed by atoms with Gasteiger partial charge in [-0.25, -0.2) is 9.36 Å². The van der Waals surface area contributed by atoms with Gasteiger partial charge >= 0.3 is 25.9 Å². The van der Waals surface area contributed by atoms with Crippen LogP contribution in [0.5, 0.6) is 0 Å². The lowest BCUT2D eigenvalue weighted by Gasteiger charge is -2.20. The first-order valence-electron chi connectivity index (χ1n) is 16.0. The summed E-state index contributed by atoms with van der Waals surface area (Å²) in [5.74, 6) is -0.934. The maximum atomic E-state index is 12.2. The van der Waals surface area contributed by atoms with Gasteiger partial charge in [-0.15, -0.1) is 0 Å². The summed E-state index contributed by atoms with van der Waals surface area (Å²) < 4.78 is 36.8. The van der Waals surface area contributed by atoms with Gasteiger partial charge < -0.3 is 24.4 Å². The van der Waals surface area contributed by atoms with Crippen LogP contribution in [-0.4, -0.2) is 62.5 Å². The molecule has 1 unspecified atom stereocenters. The van der Waals surface area contributed by atoms with Crippen molar-refractivity contribution in [3.63, 3.8) is 0 Å². The number of hydrogen-bond acceptors (Lipinski definition) is 9. The summed E-state index contributed by atoms with van der Waals surface area (Å²) in [7, 11) is -3.31. The predicted octanol–water partition coefficient (Wildman–Crippen LogP) is 7.38. The highest BCUT2D eigenvalue weighted by molar-refractivity contribution is 7.47. The van der Waals surface area contributed by atoms with Gasteiger partial charge in [0.1, 0.15) is 6.61 Å². The van der Waals surface area contributed by atoms with Crippen LogP contribution in [0.2, 0.25) is 0 Å². The first kappa shape index (κ1) is 40.3. The minimum absolute atomic E-state index is 0.0765. The number of nitrogens with one attached hydrogen (secondary N) is 1. The van der Waals surface area contributed by atoms with E-state index in [1.165, 1.54) is 84.2 Å². The maximum Gasteiger partial charge on any atom is 0.472 e. The molecule has 2 atom stereocenters. The minimum atomic E-state index is -4.50. The molecule has 11 nitrogen and oxygen atoms in total. The number of hydrogen-bond donors (Lipinski definition) is 2. The van der Waals surface area contributed by atoms with Crippen LogP contribution in [0.3, 0.4) is 0 Å². The summed E-state index contributed by atoms with van der Waals surface area (Å²) in [5.41, 5.74) is 0. The molecule has 0 aliphatic heterocycles. The van der Waals surface area contributed by atoms with E-state index >= 15 is 0 Å². The molecule has 1 amide bonds. The lowest BCUT2D eigenvalue weighted by Crippen LogP contribution is -2.30. The highest BCUT2D eigenvalue weighted by Gasteiger charge is 2.26. The number of carbonyl (C=O) groups is 3. The molecule has 0 saturated heterocycles. The summed E-state index contributed by atoms with van der Waals surface area (Å²) in [6, 6.07) is 0. The number of unbranched alkanes of at least 4 members (excludes halogenated alkanes) is 15. The number of esters is 2. The van der Waals surface area contributed by atoms with Crippen LogP contribution in [0.4, 0.5) is 4.79 Å². The van der Waals surface area contributed by atoms with E-state index in [1.54, 1.807) is 0 Å². The Labute approximate surface area is 253 Å². The van der Waals surface area contributed by atoms with Crippen molar-refractivity contribution < 1.29 is 47.1 Å². The molecule has 0 aliphatic rings. The molecule has 0 bridgehead atoms. The zero-order valence-corrected chi connectivity index (χ0v) is 27.3. The Hall–Kier alpha value is -1.68. The zero-order chi connectivity index (χ0) is 31.3.